The van der Waals surface area contributed by atoms with E-state index < -0.39 is 12.6 Å². The quantitative estimate of drug-likeness (QED) is 0.750. The summed E-state index contributed by atoms with van der Waals surface area (Å²) >= 11 is 3.37. The summed E-state index contributed by atoms with van der Waals surface area (Å²) in [6, 6.07) is 8.13. The van der Waals surface area contributed by atoms with Gasteiger partial charge < -0.3 is 5.32 Å². The molecule has 0 heterocycles. The van der Waals surface area contributed by atoms with Gasteiger partial charge in [-0.25, -0.2) is 0 Å². The normalized spacial score (nSPS) is 15.3. The van der Waals surface area contributed by atoms with Gasteiger partial charge in [0, 0.05) is 23.0 Å². The van der Waals surface area contributed by atoms with Crippen molar-refractivity contribution in [2.75, 3.05) is 0 Å². The molecule has 1 rings (SSSR count). The Morgan fingerprint density at radius 3 is 2.26 bits per heavy atom. The van der Waals surface area contributed by atoms with Crippen molar-refractivity contribution in [1.82, 2.24) is 5.32 Å². The molecule has 1 unspecified atom stereocenters. The van der Waals surface area contributed by atoms with E-state index in [9.17, 15) is 13.2 Å². The first-order valence-corrected chi connectivity index (χ1v) is 7.15. The van der Waals surface area contributed by atoms with Crippen LogP contribution in [0.3, 0.4) is 0 Å². The van der Waals surface area contributed by atoms with E-state index in [1.165, 1.54) is 0 Å². The van der Waals surface area contributed by atoms with Crippen LogP contribution < -0.4 is 5.32 Å². The number of nitrogens with one attached hydrogen (secondary N) is 1. The summed E-state index contributed by atoms with van der Waals surface area (Å²) < 4.78 is 37.2. The van der Waals surface area contributed by atoms with Crippen LogP contribution in [0.2, 0.25) is 0 Å². The van der Waals surface area contributed by atoms with Gasteiger partial charge in [0.1, 0.15) is 0 Å². The lowest BCUT2D eigenvalue weighted by Gasteiger charge is -2.20. The second-order valence-electron chi connectivity index (χ2n) is 4.85. The van der Waals surface area contributed by atoms with E-state index in [0.29, 0.717) is 6.42 Å². The van der Waals surface area contributed by atoms with Crippen LogP contribution in [0.15, 0.2) is 28.7 Å². The number of hydrogen-bond donors (Lipinski definition) is 1. The summed E-state index contributed by atoms with van der Waals surface area (Å²) in [5.41, 5.74) is 1.13. The first-order valence-electron chi connectivity index (χ1n) is 6.36. The number of hydrogen-bond acceptors (Lipinski definition) is 1. The van der Waals surface area contributed by atoms with Crippen molar-refractivity contribution in [3.8, 4) is 0 Å². The van der Waals surface area contributed by atoms with Crippen molar-refractivity contribution in [3.05, 3.63) is 34.3 Å². The summed E-state index contributed by atoms with van der Waals surface area (Å²) in [6.07, 6.45) is -4.05. The van der Waals surface area contributed by atoms with Gasteiger partial charge >= 0.3 is 6.18 Å². The minimum Gasteiger partial charge on any atom is -0.308 e. The van der Waals surface area contributed by atoms with Crippen LogP contribution in [-0.2, 0) is 0 Å². The smallest absolute Gasteiger partial charge is 0.308 e. The molecule has 0 amide bonds. The molecule has 0 aliphatic heterocycles. The van der Waals surface area contributed by atoms with Crippen molar-refractivity contribution in [3.63, 3.8) is 0 Å². The van der Waals surface area contributed by atoms with Crippen molar-refractivity contribution in [1.29, 1.82) is 0 Å². The third-order valence-corrected chi connectivity index (χ3v) is 3.53. The summed E-state index contributed by atoms with van der Waals surface area (Å²) in [7, 11) is 0. The van der Waals surface area contributed by atoms with Crippen LogP contribution in [0.25, 0.3) is 0 Å². The van der Waals surface area contributed by atoms with Crippen LogP contribution in [0, 0.1) is 0 Å². The first-order chi connectivity index (χ1) is 8.78. The van der Waals surface area contributed by atoms with Crippen molar-refractivity contribution < 1.29 is 13.2 Å². The largest absolute Gasteiger partial charge is 0.389 e. The average Bonchev–Trinajstić information content (AvgIpc) is 2.27. The first kappa shape index (κ1) is 16.5. The molecule has 0 fully saturated rings. The summed E-state index contributed by atoms with van der Waals surface area (Å²) in [6.45, 7) is 3.94. The van der Waals surface area contributed by atoms with Gasteiger partial charge in [0.15, 0.2) is 0 Å². The van der Waals surface area contributed by atoms with Gasteiger partial charge in [-0.05, 0) is 44.4 Å². The Morgan fingerprint density at radius 2 is 1.74 bits per heavy atom. The van der Waals surface area contributed by atoms with Gasteiger partial charge in [0.05, 0.1) is 0 Å². The maximum Gasteiger partial charge on any atom is 0.389 e. The zero-order valence-corrected chi connectivity index (χ0v) is 12.7. The maximum absolute atomic E-state index is 12.0. The molecule has 1 aromatic rings. The van der Waals surface area contributed by atoms with E-state index in [0.717, 1.165) is 10.0 Å². The van der Waals surface area contributed by atoms with Gasteiger partial charge in [-0.2, -0.15) is 13.2 Å². The highest BCUT2D eigenvalue weighted by molar-refractivity contribution is 9.10. The SMILES string of the molecule is CC(CCCC(F)(F)F)N[C@@H](C)c1ccc(Br)cc1. The minimum absolute atomic E-state index is 0.0704. The molecule has 0 aliphatic rings. The molecule has 0 radical (unpaired) electrons. The molecule has 0 spiro atoms. The molecule has 2 atom stereocenters. The summed E-state index contributed by atoms with van der Waals surface area (Å²) in [4.78, 5) is 0. The van der Waals surface area contributed by atoms with Gasteiger partial charge in [0.2, 0.25) is 0 Å². The molecule has 1 N–H and O–H groups in total. The van der Waals surface area contributed by atoms with Crippen molar-refractivity contribution in [2.45, 2.75) is 51.4 Å². The third kappa shape index (κ3) is 6.97. The highest BCUT2D eigenvalue weighted by Crippen LogP contribution is 2.23. The van der Waals surface area contributed by atoms with Gasteiger partial charge in [-0.15, -0.1) is 0 Å². The lowest BCUT2D eigenvalue weighted by molar-refractivity contribution is -0.135. The molecule has 0 aliphatic carbocycles. The number of halogens is 4. The molecule has 0 saturated carbocycles. The second kappa shape index (κ2) is 7.29. The predicted octanol–water partition coefficient (Wildman–Crippen LogP) is 5.22. The summed E-state index contributed by atoms with van der Waals surface area (Å²) in [5, 5.41) is 3.32. The Kier molecular flexibility index (Phi) is 6.33. The molecular formula is C14H19BrF3N. The van der Waals surface area contributed by atoms with Crippen molar-refractivity contribution >= 4 is 15.9 Å². The molecule has 0 bridgehead atoms. The lowest BCUT2D eigenvalue weighted by atomic mass is 10.1. The molecule has 0 saturated heterocycles. The number of alkyl halides is 3. The van der Waals surface area contributed by atoms with Crippen LogP contribution >= 0.6 is 15.9 Å². The monoisotopic (exact) mass is 337 g/mol. The third-order valence-electron chi connectivity index (χ3n) is 3.00. The summed E-state index contributed by atoms with van der Waals surface area (Å²) in [5.74, 6) is 0. The highest BCUT2D eigenvalue weighted by atomic mass is 79.9. The van der Waals surface area contributed by atoms with Gasteiger partial charge in [-0.3, -0.25) is 0 Å². The fourth-order valence-electron chi connectivity index (χ4n) is 1.97. The fourth-order valence-corrected chi connectivity index (χ4v) is 2.23. The van der Waals surface area contributed by atoms with E-state index in [4.69, 9.17) is 0 Å². The van der Waals surface area contributed by atoms with Crippen LogP contribution in [-0.4, -0.2) is 12.2 Å². The molecular weight excluding hydrogens is 319 g/mol. The Labute approximate surface area is 120 Å². The van der Waals surface area contributed by atoms with Gasteiger partial charge in [-0.1, -0.05) is 28.1 Å². The Balaban J connectivity index is 2.35. The van der Waals surface area contributed by atoms with Crippen LogP contribution in [0.1, 0.15) is 44.7 Å². The number of benzene rings is 1. The van der Waals surface area contributed by atoms with E-state index in [2.05, 4.69) is 21.2 Å². The van der Waals surface area contributed by atoms with Crippen LogP contribution in [0.4, 0.5) is 13.2 Å². The topological polar surface area (TPSA) is 12.0 Å². The highest BCUT2D eigenvalue weighted by Gasteiger charge is 2.26. The molecule has 19 heavy (non-hydrogen) atoms. The lowest BCUT2D eigenvalue weighted by Crippen LogP contribution is -2.29. The number of rotatable bonds is 6. The molecule has 0 aromatic heterocycles. The van der Waals surface area contributed by atoms with E-state index in [1.54, 1.807) is 0 Å². The molecule has 1 nitrogen and oxygen atoms in total. The predicted molar refractivity (Wildman–Crippen MR) is 75.1 cm³/mol. The zero-order valence-electron chi connectivity index (χ0n) is 11.1. The molecule has 108 valence electrons. The standard InChI is InChI=1S/C14H19BrF3N/c1-10(4-3-9-14(16,17)18)19-11(2)12-5-7-13(15)8-6-12/h5-8,10-11,19H,3-4,9H2,1-2H3/t10?,11-/m0/s1. The Morgan fingerprint density at radius 1 is 1.16 bits per heavy atom. The fraction of sp³-hybridized carbons (Fsp3) is 0.571. The van der Waals surface area contributed by atoms with E-state index in [1.807, 2.05) is 38.1 Å². The van der Waals surface area contributed by atoms with Crippen molar-refractivity contribution in [2.24, 2.45) is 0 Å². The Hall–Kier alpha value is -0.550. The second-order valence-corrected chi connectivity index (χ2v) is 5.76. The van der Waals surface area contributed by atoms with E-state index in [-0.39, 0.29) is 18.5 Å². The zero-order chi connectivity index (χ0) is 14.5. The maximum atomic E-state index is 12.0. The Bertz CT molecular complexity index is 375. The minimum atomic E-state index is -4.04. The van der Waals surface area contributed by atoms with Gasteiger partial charge in [0.25, 0.3) is 0 Å². The van der Waals surface area contributed by atoms with Crippen LogP contribution in [0.5, 0.6) is 0 Å². The molecule has 1 aromatic carbocycles. The molecule has 5 heteroatoms. The average molecular weight is 338 g/mol. The van der Waals surface area contributed by atoms with E-state index >= 15 is 0 Å².